The predicted molar refractivity (Wildman–Crippen MR) is 83.0 cm³/mol. The highest BCUT2D eigenvalue weighted by Gasteiger charge is 2.12. The molecule has 3 N–H and O–H groups in total. The van der Waals surface area contributed by atoms with Gasteiger partial charge in [-0.1, -0.05) is 13.8 Å². The number of hydrogen-bond acceptors (Lipinski definition) is 5. The van der Waals surface area contributed by atoms with Crippen molar-refractivity contribution in [1.82, 2.24) is 19.7 Å². The largest absolute Gasteiger partial charge is 0.494 e. The van der Waals surface area contributed by atoms with Gasteiger partial charge in [0.2, 0.25) is 5.88 Å². The van der Waals surface area contributed by atoms with Crippen LogP contribution in [0.1, 0.15) is 25.1 Å². The number of H-pyrrole nitrogens is 2. The van der Waals surface area contributed by atoms with Crippen LogP contribution >= 0.6 is 12.2 Å². The lowest BCUT2D eigenvalue weighted by molar-refractivity contribution is 0.380. The minimum atomic E-state index is -0.478. The van der Waals surface area contributed by atoms with Crippen molar-refractivity contribution in [2.75, 3.05) is 0 Å². The number of aromatic hydroxyl groups is 1. The van der Waals surface area contributed by atoms with Crippen molar-refractivity contribution in [1.29, 1.82) is 0 Å². The standard InChI is InChI=1S/C13H17N5O2S/c1-7(2)6-18-12(20)9(11(19)15-13(18)21)5-14-10-4-8(3)16-17-10/h4-5,7,20H,6H2,1-3H3,(H,16,17)(H,15,19,21). The second kappa shape index (κ2) is 6.04. The second-order valence-corrected chi connectivity index (χ2v) is 5.56. The molecule has 0 aliphatic rings. The molecule has 2 rings (SSSR count). The molecule has 0 saturated heterocycles. The van der Waals surface area contributed by atoms with Crippen molar-refractivity contribution in [2.45, 2.75) is 27.3 Å². The maximum absolute atomic E-state index is 11.9. The highest BCUT2D eigenvalue weighted by Crippen LogP contribution is 2.15. The van der Waals surface area contributed by atoms with Crippen LogP contribution in [0.25, 0.3) is 0 Å². The van der Waals surface area contributed by atoms with Crippen LogP contribution in [-0.2, 0) is 6.54 Å². The maximum atomic E-state index is 11.9. The molecule has 7 nitrogen and oxygen atoms in total. The van der Waals surface area contributed by atoms with Gasteiger partial charge in [0, 0.05) is 24.5 Å². The summed E-state index contributed by atoms with van der Waals surface area (Å²) in [4.78, 5) is 18.5. The van der Waals surface area contributed by atoms with E-state index in [-0.39, 0.29) is 22.1 Å². The van der Waals surface area contributed by atoms with E-state index < -0.39 is 5.56 Å². The highest BCUT2D eigenvalue weighted by atomic mass is 32.1. The number of nitrogens with zero attached hydrogens (tertiary/aromatic N) is 3. The van der Waals surface area contributed by atoms with Gasteiger partial charge in [-0.25, -0.2) is 4.99 Å². The molecule has 0 spiro atoms. The van der Waals surface area contributed by atoms with Gasteiger partial charge in [0.25, 0.3) is 5.56 Å². The lowest BCUT2D eigenvalue weighted by Crippen LogP contribution is -2.20. The first-order valence-electron chi connectivity index (χ1n) is 6.50. The fraction of sp³-hybridized carbons (Fsp3) is 0.385. The fourth-order valence-electron chi connectivity index (χ4n) is 1.83. The first kappa shape index (κ1) is 15.2. The SMILES string of the molecule is Cc1cc(N=Cc2c(O)n(CC(C)C)c(=S)[nH]c2=O)n[nH]1. The Labute approximate surface area is 126 Å². The molecule has 0 aliphatic heterocycles. The molecule has 2 aromatic heterocycles. The summed E-state index contributed by atoms with van der Waals surface area (Å²) in [6.07, 6.45) is 1.29. The number of nitrogens with one attached hydrogen (secondary N) is 2. The van der Waals surface area contributed by atoms with Gasteiger partial charge in [0.1, 0.15) is 5.56 Å². The molecule has 21 heavy (non-hydrogen) atoms. The Morgan fingerprint density at radius 3 is 2.86 bits per heavy atom. The summed E-state index contributed by atoms with van der Waals surface area (Å²) in [6.45, 7) is 6.34. The van der Waals surface area contributed by atoms with E-state index in [1.54, 1.807) is 6.07 Å². The molecule has 2 aromatic rings. The molecule has 8 heteroatoms. The third-order valence-corrected chi connectivity index (χ3v) is 3.10. The minimum absolute atomic E-state index is 0.0601. The zero-order valence-electron chi connectivity index (χ0n) is 12.0. The van der Waals surface area contributed by atoms with Gasteiger partial charge in [-0.15, -0.1) is 0 Å². The topological polar surface area (TPSA) is 99.1 Å². The van der Waals surface area contributed by atoms with E-state index in [9.17, 15) is 9.90 Å². The summed E-state index contributed by atoms with van der Waals surface area (Å²) in [7, 11) is 0. The van der Waals surface area contributed by atoms with Gasteiger partial charge in [-0.2, -0.15) is 5.10 Å². The summed E-state index contributed by atoms with van der Waals surface area (Å²) in [6, 6.07) is 1.73. The van der Waals surface area contributed by atoms with Gasteiger partial charge >= 0.3 is 0 Å². The van der Waals surface area contributed by atoms with Gasteiger partial charge in [0.15, 0.2) is 10.6 Å². The van der Waals surface area contributed by atoms with Crippen LogP contribution in [0.2, 0.25) is 0 Å². The first-order chi connectivity index (χ1) is 9.88. The second-order valence-electron chi connectivity index (χ2n) is 5.17. The fourth-order valence-corrected chi connectivity index (χ4v) is 2.08. The van der Waals surface area contributed by atoms with Crippen LogP contribution in [0.3, 0.4) is 0 Å². The summed E-state index contributed by atoms with van der Waals surface area (Å²) < 4.78 is 1.68. The summed E-state index contributed by atoms with van der Waals surface area (Å²) in [5.41, 5.74) is 0.439. The molecule has 2 heterocycles. The van der Waals surface area contributed by atoms with E-state index in [4.69, 9.17) is 12.2 Å². The summed E-state index contributed by atoms with van der Waals surface area (Å²) in [5.74, 6) is 0.518. The monoisotopic (exact) mass is 307 g/mol. The van der Waals surface area contributed by atoms with Crippen LogP contribution in [0.4, 0.5) is 5.82 Å². The smallest absolute Gasteiger partial charge is 0.264 e. The van der Waals surface area contributed by atoms with Gasteiger partial charge in [0.05, 0.1) is 0 Å². The van der Waals surface area contributed by atoms with Crippen molar-refractivity contribution in [2.24, 2.45) is 10.9 Å². The van der Waals surface area contributed by atoms with Crippen molar-refractivity contribution in [3.63, 3.8) is 0 Å². The predicted octanol–water partition coefficient (Wildman–Crippen LogP) is 2.05. The molecular formula is C13H17N5O2S. The van der Waals surface area contributed by atoms with Crippen molar-refractivity contribution in [3.8, 4) is 5.88 Å². The zero-order chi connectivity index (χ0) is 15.6. The Hall–Kier alpha value is -2.22. The van der Waals surface area contributed by atoms with Crippen LogP contribution in [0, 0.1) is 17.6 Å². The Kier molecular flexibility index (Phi) is 4.37. The molecule has 112 valence electrons. The van der Waals surface area contributed by atoms with Crippen LogP contribution in [0.5, 0.6) is 5.88 Å². The molecule has 0 fully saturated rings. The van der Waals surface area contributed by atoms with Crippen LogP contribution in [0.15, 0.2) is 15.9 Å². The number of aliphatic imine (C=N–C) groups is 1. The van der Waals surface area contributed by atoms with Crippen molar-refractivity contribution >= 4 is 24.3 Å². The average molecular weight is 307 g/mol. The normalized spacial score (nSPS) is 11.6. The van der Waals surface area contributed by atoms with Gasteiger partial charge in [-0.05, 0) is 25.1 Å². The molecule has 0 bridgehead atoms. The van der Waals surface area contributed by atoms with Crippen molar-refractivity contribution < 1.29 is 5.11 Å². The van der Waals surface area contributed by atoms with E-state index in [1.807, 2.05) is 20.8 Å². The Bertz CT molecular complexity index is 785. The number of hydrogen-bond donors (Lipinski definition) is 3. The quantitative estimate of drug-likeness (QED) is 0.594. The zero-order valence-corrected chi connectivity index (χ0v) is 12.9. The Balaban J connectivity index is 2.46. The Morgan fingerprint density at radius 1 is 1.57 bits per heavy atom. The van der Waals surface area contributed by atoms with Crippen LogP contribution in [-0.4, -0.2) is 31.1 Å². The highest BCUT2D eigenvalue weighted by molar-refractivity contribution is 7.71. The minimum Gasteiger partial charge on any atom is -0.494 e. The molecule has 0 aliphatic carbocycles. The molecular weight excluding hydrogens is 290 g/mol. The van der Waals surface area contributed by atoms with Gasteiger partial charge < -0.3 is 5.11 Å². The third-order valence-electron chi connectivity index (χ3n) is 2.77. The molecule has 0 aromatic carbocycles. The van der Waals surface area contributed by atoms with Crippen molar-refractivity contribution in [3.05, 3.63) is 32.4 Å². The summed E-state index contributed by atoms with van der Waals surface area (Å²) >= 11 is 5.07. The average Bonchev–Trinajstić information content (AvgIpc) is 2.80. The van der Waals surface area contributed by atoms with E-state index in [0.717, 1.165) is 5.69 Å². The van der Waals surface area contributed by atoms with E-state index in [1.165, 1.54) is 10.8 Å². The lowest BCUT2D eigenvalue weighted by atomic mass is 10.2. The molecule has 0 saturated carbocycles. The van der Waals surface area contributed by atoms with Gasteiger partial charge in [-0.3, -0.25) is 19.4 Å². The molecule has 0 atom stereocenters. The number of rotatable bonds is 4. The number of aromatic amines is 2. The Morgan fingerprint density at radius 2 is 2.29 bits per heavy atom. The lowest BCUT2D eigenvalue weighted by Gasteiger charge is -2.12. The molecule has 0 radical (unpaired) electrons. The number of aryl methyl sites for hydroxylation is 1. The maximum Gasteiger partial charge on any atom is 0.264 e. The molecule has 0 amide bonds. The summed E-state index contributed by atoms with van der Waals surface area (Å²) in [5, 5.41) is 16.9. The van der Waals surface area contributed by atoms with E-state index in [2.05, 4.69) is 20.2 Å². The molecule has 0 unspecified atom stereocenters. The van der Waals surface area contributed by atoms with E-state index >= 15 is 0 Å². The number of aromatic nitrogens is 4. The van der Waals surface area contributed by atoms with Crippen LogP contribution < -0.4 is 5.56 Å². The van der Waals surface area contributed by atoms with E-state index in [0.29, 0.717) is 12.4 Å². The first-order valence-corrected chi connectivity index (χ1v) is 6.91. The third kappa shape index (κ3) is 3.46.